The van der Waals surface area contributed by atoms with Crippen molar-refractivity contribution in [3.8, 4) is 5.75 Å². The second-order valence-electron chi connectivity index (χ2n) is 4.98. The van der Waals surface area contributed by atoms with Crippen molar-refractivity contribution in [3.63, 3.8) is 0 Å². The summed E-state index contributed by atoms with van der Waals surface area (Å²) in [6.45, 7) is 2.02. The van der Waals surface area contributed by atoms with Crippen molar-refractivity contribution in [1.82, 2.24) is 4.90 Å². The minimum Gasteiger partial charge on any atom is -0.497 e. The van der Waals surface area contributed by atoms with E-state index in [9.17, 15) is 14.7 Å². The molecular formula is C15H20N2O5. The number of nitrogens with zero attached hydrogens (tertiary/aromatic N) is 1. The highest BCUT2D eigenvalue weighted by Crippen LogP contribution is 2.16. The molecule has 0 aromatic heterocycles. The first kappa shape index (κ1) is 16.3. The van der Waals surface area contributed by atoms with Crippen LogP contribution in [0.2, 0.25) is 0 Å². The molecule has 1 aromatic rings. The standard InChI is InChI=1S/C15H20N2O5/c1-21-12-4-2-11(3-5-12)16-14(18)10-13(15(19)20)17-6-8-22-9-7-17/h2-5,13H,6-10H2,1H3,(H,16,18)(H,19,20). The molecule has 0 spiro atoms. The molecule has 1 heterocycles. The number of amides is 1. The molecule has 7 heteroatoms. The summed E-state index contributed by atoms with van der Waals surface area (Å²) in [4.78, 5) is 25.2. The van der Waals surface area contributed by atoms with Crippen LogP contribution in [0.15, 0.2) is 24.3 Å². The van der Waals surface area contributed by atoms with Crippen LogP contribution in [0.1, 0.15) is 6.42 Å². The zero-order chi connectivity index (χ0) is 15.9. The molecule has 0 radical (unpaired) electrons. The Morgan fingerprint density at radius 3 is 2.50 bits per heavy atom. The maximum absolute atomic E-state index is 12.1. The highest BCUT2D eigenvalue weighted by atomic mass is 16.5. The van der Waals surface area contributed by atoms with Crippen molar-refractivity contribution >= 4 is 17.6 Å². The molecule has 1 aromatic carbocycles. The van der Waals surface area contributed by atoms with Gasteiger partial charge in [-0.1, -0.05) is 0 Å². The van der Waals surface area contributed by atoms with Gasteiger partial charge >= 0.3 is 5.97 Å². The summed E-state index contributed by atoms with van der Waals surface area (Å²) >= 11 is 0. The van der Waals surface area contributed by atoms with E-state index in [0.29, 0.717) is 37.7 Å². The Kier molecular flexibility index (Phi) is 5.74. The quantitative estimate of drug-likeness (QED) is 0.808. The summed E-state index contributed by atoms with van der Waals surface area (Å²) in [5.74, 6) is -0.634. The number of hydrogen-bond donors (Lipinski definition) is 2. The summed E-state index contributed by atoms with van der Waals surface area (Å²) in [5, 5.41) is 12.0. The van der Waals surface area contributed by atoms with Gasteiger partial charge in [0.05, 0.1) is 26.7 Å². The van der Waals surface area contributed by atoms with E-state index in [4.69, 9.17) is 9.47 Å². The molecule has 2 rings (SSSR count). The maximum atomic E-state index is 12.1. The summed E-state index contributed by atoms with van der Waals surface area (Å²) in [5.41, 5.74) is 0.608. The van der Waals surface area contributed by atoms with Crippen LogP contribution in [0.3, 0.4) is 0 Å². The van der Waals surface area contributed by atoms with E-state index >= 15 is 0 Å². The van der Waals surface area contributed by atoms with Gasteiger partial charge in [0.2, 0.25) is 5.91 Å². The lowest BCUT2D eigenvalue weighted by Gasteiger charge is -2.31. The lowest BCUT2D eigenvalue weighted by Crippen LogP contribution is -2.48. The van der Waals surface area contributed by atoms with Crippen LogP contribution in [-0.4, -0.2) is 61.3 Å². The van der Waals surface area contributed by atoms with Crippen molar-refractivity contribution in [3.05, 3.63) is 24.3 Å². The van der Waals surface area contributed by atoms with Crippen LogP contribution in [0, 0.1) is 0 Å². The number of hydrogen-bond acceptors (Lipinski definition) is 5. The maximum Gasteiger partial charge on any atom is 0.321 e. The van der Waals surface area contributed by atoms with Crippen molar-refractivity contribution in [2.75, 3.05) is 38.7 Å². The molecule has 2 N–H and O–H groups in total. The normalized spacial score (nSPS) is 16.8. The molecule has 0 saturated carbocycles. The van der Waals surface area contributed by atoms with Gasteiger partial charge in [0.1, 0.15) is 11.8 Å². The Labute approximate surface area is 128 Å². The number of aliphatic carboxylic acids is 1. The first-order valence-corrected chi connectivity index (χ1v) is 7.08. The molecule has 1 fully saturated rings. The third-order valence-electron chi connectivity index (χ3n) is 3.52. The van der Waals surface area contributed by atoms with Crippen LogP contribution in [0.5, 0.6) is 5.75 Å². The van der Waals surface area contributed by atoms with Gasteiger partial charge in [-0.3, -0.25) is 14.5 Å². The second kappa shape index (κ2) is 7.77. The summed E-state index contributed by atoms with van der Waals surface area (Å²) < 4.78 is 10.2. The molecule has 1 aliphatic heterocycles. The fourth-order valence-electron chi connectivity index (χ4n) is 2.32. The predicted octanol–water partition coefficient (Wildman–Crippen LogP) is 0.809. The van der Waals surface area contributed by atoms with E-state index in [1.165, 1.54) is 0 Å². The molecule has 120 valence electrons. The van der Waals surface area contributed by atoms with E-state index in [1.807, 2.05) is 0 Å². The zero-order valence-corrected chi connectivity index (χ0v) is 12.4. The number of carbonyl (C=O) groups excluding carboxylic acids is 1. The van der Waals surface area contributed by atoms with Gasteiger partial charge in [-0.25, -0.2) is 0 Å². The molecule has 1 aliphatic rings. The zero-order valence-electron chi connectivity index (χ0n) is 12.4. The second-order valence-corrected chi connectivity index (χ2v) is 4.98. The number of benzene rings is 1. The highest BCUT2D eigenvalue weighted by Gasteiger charge is 2.29. The van der Waals surface area contributed by atoms with Crippen LogP contribution in [0.25, 0.3) is 0 Å². The highest BCUT2D eigenvalue weighted by molar-refractivity contribution is 5.94. The predicted molar refractivity (Wildman–Crippen MR) is 80.1 cm³/mol. The minimum atomic E-state index is -0.994. The van der Waals surface area contributed by atoms with Crippen molar-refractivity contribution < 1.29 is 24.2 Å². The Balaban J connectivity index is 1.93. The Morgan fingerprint density at radius 2 is 1.95 bits per heavy atom. The third kappa shape index (κ3) is 4.44. The largest absolute Gasteiger partial charge is 0.497 e. The van der Waals surface area contributed by atoms with E-state index in [1.54, 1.807) is 36.3 Å². The SMILES string of the molecule is COc1ccc(NC(=O)CC(C(=O)O)N2CCOCC2)cc1. The van der Waals surface area contributed by atoms with Gasteiger partial charge in [-0.15, -0.1) is 0 Å². The van der Waals surface area contributed by atoms with Crippen LogP contribution >= 0.6 is 0 Å². The Morgan fingerprint density at radius 1 is 1.32 bits per heavy atom. The van der Waals surface area contributed by atoms with Crippen LogP contribution < -0.4 is 10.1 Å². The van der Waals surface area contributed by atoms with Gasteiger partial charge in [-0.2, -0.15) is 0 Å². The number of morpholine rings is 1. The monoisotopic (exact) mass is 308 g/mol. The molecule has 1 unspecified atom stereocenters. The minimum absolute atomic E-state index is 0.0959. The molecule has 1 amide bonds. The topological polar surface area (TPSA) is 88.1 Å². The first-order chi connectivity index (χ1) is 10.6. The number of carboxylic acid groups (broad SMARTS) is 1. The molecule has 7 nitrogen and oxygen atoms in total. The van der Waals surface area contributed by atoms with E-state index < -0.39 is 12.0 Å². The lowest BCUT2D eigenvalue weighted by molar-refractivity contribution is -0.147. The molecule has 1 atom stereocenters. The van der Waals surface area contributed by atoms with Crippen molar-refractivity contribution in [2.24, 2.45) is 0 Å². The molecule has 0 bridgehead atoms. The van der Waals surface area contributed by atoms with Gasteiger partial charge in [0, 0.05) is 18.8 Å². The van der Waals surface area contributed by atoms with Gasteiger partial charge in [0.25, 0.3) is 0 Å². The fraction of sp³-hybridized carbons (Fsp3) is 0.467. The fourth-order valence-corrected chi connectivity index (χ4v) is 2.32. The van der Waals surface area contributed by atoms with Crippen LogP contribution in [0.4, 0.5) is 5.69 Å². The number of methoxy groups -OCH3 is 1. The first-order valence-electron chi connectivity index (χ1n) is 7.08. The number of carboxylic acids is 1. The number of anilines is 1. The Bertz CT molecular complexity index is 511. The summed E-state index contributed by atoms with van der Waals surface area (Å²) in [7, 11) is 1.56. The third-order valence-corrected chi connectivity index (χ3v) is 3.52. The smallest absolute Gasteiger partial charge is 0.321 e. The van der Waals surface area contributed by atoms with E-state index in [2.05, 4.69) is 5.32 Å². The summed E-state index contributed by atoms with van der Waals surface area (Å²) in [6.07, 6.45) is -0.0959. The average Bonchev–Trinajstić information content (AvgIpc) is 2.54. The van der Waals surface area contributed by atoms with E-state index in [0.717, 1.165) is 0 Å². The van der Waals surface area contributed by atoms with Gasteiger partial charge in [-0.05, 0) is 24.3 Å². The number of rotatable bonds is 6. The molecule has 1 saturated heterocycles. The lowest BCUT2D eigenvalue weighted by atomic mass is 10.1. The molecule has 22 heavy (non-hydrogen) atoms. The average molecular weight is 308 g/mol. The van der Waals surface area contributed by atoms with Gasteiger partial charge < -0.3 is 19.9 Å². The summed E-state index contributed by atoms with van der Waals surface area (Å²) in [6, 6.07) is 6.04. The van der Waals surface area contributed by atoms with Gasteiger partial charge in [0.15, 0.2) is 0 Å². The number of carbonyl (C=O) groups is 2. The van der Waals surface area contributed by atoms with Crippen LogP contribution in [-0.2, 0) is 14.3 Å². The number of ether oxygens (including phenoxy) is 2. The molecular weight excluding hydrogens is 288 g/mol. The van der Waals surface area contributed by atoms with Crippen molar-refractivity contribution in [2.45, 2.75) is 12.5 Å². The van der Waals surface area contributed by atoms with E-state index in [-0.39, 0.29) is 12.3 Å². The van der Waals surface area contributed by atoms with Crippen molar-refractivity contribution in [1.29, 1.82) is 0 Å². The Hall–Kier alpha value is -2.12. The molecule has 0 aliphatic carbocycles. The number of nitrogens with one attached hydrogen (secondary N) is 1.